The van der Waals surface area contributed by atoms with Crippen molar-refractivity contribution >= 4 is 23.0 Å². The Hall–Kier alpha value is -1.20. The number of nitrogens with one attached hydrogen (secondary N) is 1. The van der Waals surface area contributed by atoms with Gasteiger partial charge in [-0.2, -0.15) is 0 Å². The summed E-state index contributed by atoms with van der Waals surface area (Å²) in [6.07, 6.45) is 2.06. The van der Waals surface area contributed by atoms with Crippen LogP contribution < -0.4 is 5.32 Å². The van der Waals surface area contributed by atoms with E-state index in [0.717, 1.165) is 25.9 Å². The maximum Gasteiger partial charge on any atom is 0.173 e. The molecule has 1 aromatic carbocycles. The van der Waals surface area contributed by atoms with E-state index in [1.165, 1.54) is 6.07 Å². The molecule has 5 heteroatoms. The van der Waals surface area contributed by atoms with Gasteiger partial charge in [-0.05, 0) is 55.6 Å². The molecule has 0 radical (unpaired) electrons. The summed E-state index contributed by atoms with van der Waals surface area (Å²) in [5.74, 6) is 0.0444. The Labute approximate surface area is 118 Å². The Morgan fingerprint density at radius 2 is 2.37 bits per heavy atom. The monoisotopic (exact) mass is 282 g/mol. The van der Waals surface area contributed by atoms with Crippen LogP contribution in [-0.2, 0) is 0 Å². The number of hydrogen-bond acceptors (Lipinski definition) is 2. The van der Waals surface area contributed by atoms with Crippen molar-refractivity contribution in [3.8, 4) is 0 Å². The van der Waals surface area contributed by atoms with Crippen molar-refractivity contribution in [1.82, 2.24) is 4.90 Å². The molecule has 0 amide bonds. The summed E-state index contributed by atoms with van der Waals surface area (Å²) in [7, 11) is 0. The van der Waals surface area contributed by atoms with Crippen LogP contribution in [0.5, 0.6) is 0 Å². The van der Waals surface area contributed by atoms with E-state index in [0.29, 0.717) is 16.4 Å². The number of aliphatic hydroxyl groups is 1. The third-order valence-electron chi connectivity index (χ3n) is 3.49. The van der Waals surface area contributed by atoms with Gasteiger partial charge < -0.3 is 15.3 Å². The standard InChI is InChI=1S/C14H19FN2OS/c1-10-4-5-12(7-13(10)15)16-14(19)17-6-2-3-11(8-17)9-18/h4-5,7,11,18H,2-3,6,8-9H2,1H3,(H,16,19)/t11-/m1/s1. The highest BCUT2D eigenvalue weighted by molar-refractivity contribution is 7.80. The highest BCUT2D eigenvalue weighted by atomic mass is 32.1. The molecule has 19 heavy (non-hydrogen) atoms. The number of thiocarbonyl (C=S) groups is 1. The molecule has 1 aliphatic heterocycles. The second kappa shape index (κ2) is 6.30. The van der Waals surface area contributed by atoms with Gasteiger partial charge in [0.2, 0.25) is 0 Å². The Bertz CT molecular complexity index is 467. The number of anilines is 1. The number of likely N-dealkylation sites (tertiary alicyclic amines) is 1. The van der Waals surface area contributed by atoms with Crippen LogP contribution in [0.15, 0.2) is 18.2 Å². The molecule has 0 spiro atoms. The molecule has 0 aromatic heterocycles. The lowest BCUT2D eigenvalue weighted by atomic mass is 9.99. The molecule has 0 aliphatic carbocycles. The molecule has 0 bridgehead atoms. The highest BCUT2D eigenvalue weighted by Crippen LogP contribution is 2.18. The average Bonchev–Trinajstić information content (AvgIpc) is 2.43. The van der Waals surface area contributed by atoms with Gasteiger partial charge in [-0.25, -0.2) is 4.39 Å². The number of rotatable bonds is 2. The first-order valence-corrected chi connectivity index (χ1v) is 6.94. The third-order valence-corrected chi connectivity index (χ3v) is 3.85. The second-order valence-electron chi connectivity index (χ2n) is 5.03. The first-order chi connectivity index (χ1) is 9.10. The normalized spacial score (nSPS) is 19.3. The third kappa shape index (κ3) is 3.64. The fourth-order valence-corrected chi connectivity index (χ4v) is 2.56. The molecule has 1 aromatic rings. The summed E-state index contributed by atoms with van der Waals surface area (Å²) < 4.78 is 13.5. The van der Waals surface area contributed by atoms with E-state index in [1.54, 1.807) is 13.0 Å². The molecular weight excluding hydrogens is 263 g/mol. The Balaban J connectivity index is 1.98. The molecule has 1 aliphatic rings. The molecule has 1 atom stereocenters. The van der Waals surface area contributed by atoms with Gasteiger partial charge in [-0.15, -0.1) is 0 Å². The topological polar surface area (TPSA) is 35.5 Å². The van der Waals surface area contributed by atoms with Crippen LogP contribution in [-0.4, -0.2) is 34.8 Å². The zero-order valence-electron chi connectivity index (χ0n) is 11.0. The van der Waals surface area contributed by atoms with Crippen LogP contribution in [0.2, 0.25) is 0 Å². The van der Waals surface area contributed by atoms with Crippen molar-refractivity contribution in [3.63, 3.8) is 0 Å². The molecule has 0 unspecified atom stereocenters. The minimum Gasteiger partial charge on any atom is -0.396 e. The van der Waals surface area contributed by atoms with Gasteiger partial charge in [-0.1, -0.05) is 6.07 Å². The molecule has 3 nitrogen and oxygen atoms in total. The van der Waals surface area contributed by atoms with Gasteiger partial charge in [0.1, 0.15) is 5.82 Å². The van der Waals surface area contributed by atoms with Gasteiger partial charge in [0, 0.05) is 25.4 Å². The van der Waals surface area contributed by atoms with Crippen LogP contribution in [0.4, 0.5) is 10.1 Å². The van der Waals surface area contributed by atoms with Gasteiger partial charge in [0.15, 0.2) is 5.11 Å². The van der Waals surface area contributed by atoms with Crippen LogP contribution in [0, 0.1) is 18.7 Å². The van der Waals surface area contributed by atoms with E-state index in [1.807, 2.05) is 11.0 Å². The summed E-state index contributed by atoms with van der Waals surface area (Å²) in [5, 5.41) is 12.9. The maximum atomic E-state index is 13.5. The number of aryl methyl sites for hydroxylation is 1. The largest absolute Gasteiger partial charge is 0.396 e. The maximum absolute atomic E-state index is 13.5. The zero-order valence-corrected chi connectivity index (χ0v) is 11.8. The summed E-state index contributed by atoms with van der Waals surface area (Å²) in [5.41, 5.74) is 1.29. The molecular formula is C14H19FN2OS. The van der Waals surface area contributed by atoms with Crippen LogP contribution in [0.1, 0.15) is 18.4 Å². The Morgan fingerprint density at radius 3 is 3.05 bits per heavy atom. The summed E-state index contributed by atoms with van der Waals surface area (Å²) in [4.78, 5) is 2.04. The van der Waals surface area contributed by atoms with Crippen LogP contribution in [0.25, 0.3) is 0 Å². The molecule has 1 heterocycles. The zero-order chi connectivity index (χ0) is 13.8. The van der Waals surface area contributed by atoms with Gasteiger partial charge in [0.05, 0.1) is 0 Å². The molecule has 1 saturated heterocycles. The number of aliphatic hydroxyl groups excluding tert-OH is 1. The van der Waals surface area contributed by atoms with E-state index in [4.69, 9.17) is 12.2 Å². The smallest absolute Gasteiger partial charge is 0.173 e. The molecule has 0 saturated carbocycles. The first-order valence-electron chi connectivity index (χ1n) is 6.53. The SMILES string of the molecule is Cc1ccc(NC(=S)N2CCC[C@@H](CO)C2)cc1F. The quantitative estimate of drug-likeness (QED) is 0.817. The summed E-state index contributed by atoms with van der Waals surface area (Å²) in [6.45, 7) is 3.57. The molecule has 104 valence electrons. The van der Waals surface area contributed by atoms with Crippen LogP contribution >= 0.6 is 12.2 Å². The average molecular weight is 282 g/mol. The fourth-order valence-electron chi connectivity index (χ4n) is 2.27. The van der Waals surface area contributed by atoms with E-state index in [9.17, 15) is 9.50 Å². The van der Waals surface area contributed by atoms with E-state index in [2.05, 4.69) is 5.32 Å². The highest BCUT2D eigenvalue weighted by Gasteiger charge is 2.21. The lowest BCUT2D eigenvalue weighted by molar-refractivity contribution is 0.162. The van der Waals surface area contributed by atoms with Crippen molar-refractivity contribution in [2.24, 2.45) is 5.92 Å². The van der Waals surface area contributed by atoms with Crippen molar-refractivity contribution in [2.75, 3.05) is 25.0 Å². The summed E-state index contributed by atoms with van der Waals surface area (Å²) in [6, 6.07) is 5.00. The van der Waals surface area contributed by atoms with Crippen LogP contribution in [0.3, 0.4) is 0 Å². The Kier molecular flexibility index (Phi) is 4.71. The van der Waals surface area contributed by atoms with Crippen molar-refractivity contribution in [3.05, 3.63) is 29.6 Å². The summed E-state index contributed by atoms with van der Waals surface area (Å²) >= 11 is 5.34. The predicted octanol–water partition coefficient (Wildman–Crippen LogP) is 2.54. The minimum absolute atomic E-state index is 0.193. The van der Waals surface area contributed by atoms with Crippen molar-refractivity contribution < 1.29 is 9.50 Å². The number of piperidine rings is 1. The van der Waals surface area contributed by atoms with Gasteiger partial charge in [0.25, 0.3) is 0 Å². The van der Waals surface area contributed by atoms with E-state index >= 15 is 0 Å². The van der Waals surface area contributed by atoms with Crippen molar-refractivity contribution in [1.29, 1.82) is 0 Å². The molecule has 2 N–H and O–H groups in total. The Morgan fingerprint density at radius 1 is 1.58 bits per heavy atom. The fraction of sp³-hybridized carbons (Fsp3) is 0.500. The molecule has 1 fully saturated rings. The number of benzene rings is 1. The second-order valence-corrected chi connectivity index (χ2v) is 5.42. The molecule has 2 rings (SSSR count). The lowest BCUT2D eigenvalue weighted by Gasteiger charge is -2.33. The lowest BCUT2D eigenvalue weighted by Crippen LogP contribution is -2.43. The van der Waals surface area contributed by atoms with Gasteiger partial charge >= 0.3 is 0 Å². The predicted molar refractivity (Wildman–Crippen MR) is 78.7 cm³/mol. The number of hydrogen-bond donors (Lipinski definition) is 2. The van der Waals surface area contributed by atoms with E-state index < -0.39 is 0 Å². The van der Waals surface area contributed by atoms with Crippen molar-refractivity contribution in [2.45, 2.75) is 19.8 Å². The van der Waals surface area contributed by atoms with Gasteiger partial charge in [-0.3, -0.25) is 0 Å². The first kappa shape index (κ1) is 14.2. The van der Waals surface area contributed by atoms with E-state index in [-0.39, 0.29) is 18.3 Å². The number of halogens is 1. The number of nitrogens with zero attached hydrogens (tertiary/aromatic N) is 1. The minimum atomic E-state index is -0.236.